The van der Waals surface area contributed by atoms with Crippen LogP contribution in [-0.4, -0.2) is 16.9 Å². The Balaban J connectivity index is 2.04. The minimum atomic E-state index is -4.57. The fourth-order valence-electron chi connectivity index (χ4n) is 1.74. The summed E-state index contributed by atoms with van der Waals surface area (Å²) in [6.45, 7) is 0. The molecule has 0 saturated carbocycles. The van der Waals surface area contributed by atoms with Crippen LogP contribution in [0.25, 0.3) is 0 Å². The Morgan fingerprint density at radius 2 is 1.39 bits per heavy atom. The van der Waals surface area contributed by atoms with Crippen molar-refractivity contribution in [1.82, 2.24) is 10.9 Å². The molecule has 2 amide bonds. The van der Waals surface area contributed by atoms with Crippen molar-refractivity contribution in [2.45, 2.75) is 6.18 Å². The van der Waals surface area contributed by atoms with Gasteiger partial charge >= 0.3 is 6.18 Å². The molecule has 0 bridgehead atoms. The molecule has 0 aliphatic rings. The molecule has 8 heteroatoms. The lowest BCUT2D eigenvalue weighted by Gasteiger charge is -2.10. The van der Waals surface area contributed by atoms with Crippen LogP contribution in [0.5, 0.6) is 5.75 Å². The molecule has 0 atom stereocenters. The molecule has 0 spiro atoms. The molecule has 0 aliphatic carbocycles. The third-order valence-electron chi connectivity index (χ3n) is 2.85. The maximum atomic E-state index is 12.6. The largest absolute Gasteiger partial charge is 0.508 e. The highest BCUT2D eigenvalue weighted by Crippen LogP contribution is 2.29. The molecule has 0 saturated heterocycles. The molecule has 2 rings (SSSR count). The number of benzene rings is 2. The summed E-state index contributed by atoms with van der Waals surface area (Å²) in [4.78, 5) is 23.5. The molecule has 0 unspecified atom stereocenters. The highest BCUT2D eigenvalue weighted by atomic mass is 19.4. The highest BCUT2D eigenvalue weighted by Gasteiger charge is 2.30. The van der Waals surface area contributed by atoms with E-state index in [1.165, 1.54) is 30.3 Å². The zero-order chi connectivity index (χ0) is 17.0. The number of rotatable bonds is 2. The summed E-state index contributed by atoms with van der Waals surface area (Å²) in [7, 11) is 0. The van der Waals surface area contributed by atoms with Crippen LogP contribution in [-0.2, 0) is 6.18 Å². The Hall–Kier alpha value is -3.03. The zero-order valence-electron chi connectivity index (χ0n) is 11.5. The second kappa shape index (κ2) is 6.39. The van der Waals surface area contributed by atoms with Crippen LogP contribution >= 0.6 is 0 Å². The first-order valence-electron chi connectivity index (χ1n) is 6.34. The molecule has 0 heterocycles. The fraction of sp³-hybridized carbons (Fsp3) is 0.0667. The first-order valence-corrected chi connectivity index (χ1v) is 6.34. The topological polar surface area (TPSA) is 78.4 Å². The predicted molar refractivity (Wildman–Crippen MR) is 74.5 cm³/mol. The van der Waals surface area contributed by atoms with E-state index in [-0.39, 0.29) is 16.9 Å². The summed E-state index contributed by atoms with van der Waals surface area (Å²) in [5, 5.41) is 9.25. The summed E-state index contributed by atoms with van der Waals surface area (Å²) < 4.78 is 37.7. The Bertz CT molecular complexity index is 745. The molecule has 3 N–H and O–H groups in total. The van der Waals surface area contributed by atoms with Crippen LogP contribution < -0.4 is 10.9 Å². The molecule has 5 nitrogen and oxygen atoms in total. The van der Waals surface area contributed by atoms with Crippen molar-refractivity contribution in [2.24, 2.45) is 0 Å². The quantitative estimate of drug-likeness (QED) is 0.743. The van der Waals surface area contributed by atoms with Gasteiger partial charge in [-0.05, 0) is 36.4 Å². The van der Waals surface area contributed by atoms with Crippen LogP contribution in [0, 0.1) is 0 Å². The number of halogens is 3. The Labute approximate surface area is 128 Å². The molecule has 2 aromatic rings. The smallest absolute Gasteiger partial charge is 0.416 e. The van der Waals surface area contributed by atoms with E-state index in [2.05, 4.69) is 5.43 Å². The summed E-state index contributed by atoms with van der Waals surface area (Å²) in [6.07, 6.45) is -4.57. The van der Waals surface area contributed by atoms with Crippen molar-refractivity contribution in [3.63, 3.8) is 0 Å². The monoisotopic (exact) mass is 324 g/mol. The zero-order valence-corrected chi connectivity index (χ0v) is 11.5. The summed E-state index contributed by atoms with van der Waals surface area (Å²) in [5.74, 6) is -1.76. The van der Waals surface area contributed by atoms with Crippen LogP contribution in [0.2, 0.25) is 0 Å². The van der Waals surface area contributed by atoms with E-state index in [1.807, 2.05) is 5.43 Å². The van der Waals surface area contributed by atoms with Gasteiger partial charge in [-0.3, -0.25) is 20.4 Å². The number of hydrazine groups is 1. The van der Waals surface area contributed by atoms with Crippen molar-refractivity contribution >= 4 is 11.8 Å². The maximum absolute atomic E-state index is 12.6. The number of hydrogen-bond donors (Lipinski definition) is 3. The van der Waals surface area contributed by atoms with Crippen molar-refractivity contribution in [3.05, 3.63) is 65.2 Å². The van der Waals surface area contributed by atoms with Gasteiger partial charge in [0.15, 0.2) is 0 Å². The number of phenolic OH excluding ortho intramolecular Hbond substituents is 1. The van der Waals surface area contributed by atoms with Crippen molar-refractivity contribution in [2.75, 3.05) is 0 Å². The molecule has 0 aromatic heterocycles. The number of hydrogen-bond acceptors (Lipinski definition) is 3. The van der Waals surface area contributed by atoms with Crippen LogP contribution in [0.1, 0.15) is 26.3 Å². The number of carbonyl (C=O) groups excluding carboxylic acids is 2. The lowest BCUT2D eigenvalue weighted by molar-refractivity contribution is -0.137. The second-order valence-corrected chi connectivity index (χ2v) is 4.54. The van der Waals surface area contributed by atoms with Crippen molar-refractivity contribution in [3.8, 4) is 5.75 Å². The first-order chi connectivity index (χ1) is 10.8. The number of aromatic hydroxyl groups is 1. The van der Waals surface area contributed by atoms with Gasteiger partial charge in [-0.2, -0.15) is 13.2 Å². The van der Waals surface area contributed by atoms with Gasteiger partial charge in [-0.25, -0.2) is 0 Å². The van der Waals surface area contributed by atoms with Gasteiger partial charge in [0, 0.05) is 11.1 Å². The SMILES string of the molecule is O=C(NNC(=O)c1cccc(C(F)(F)F)c1)c1cccc(O)c1. The standard InChI is InChI=1S/C15H11F3N2O3/c16-15(17,18)11-5-1-3-9(7-11)13(22)19-20-14(23)10-4-2-6-12(21)8-10/h1-8,21H,(H,19,22)(H,20,23). The van der Waals surface area contributed by atoms with Gasteiger partial charge in [-0.15, -0.1) is 0 Å². The fourth-order valence-corrected chi connectivity index (χ4v) is 1.74. The molecular formula is C15H11F3N2O3. The number of amides is 2. The summed E-state index contributed by atoms with van der Waals surface area (Å²) in [5.41, 5.74) is 2.92. The third kappa shape index (κ3) is 4.22. The van der Waals surface area contributed by atoms with Gasteiger partial charge < -0.3 is 5.11 Å². The van der Waals surface area contributed by atoms with Gasteiger partial charge in [-0.1, -0.05) is 12.1 Å². The van der Waals surface area contributed by atoms with E-state index in [9.17, 15) is 27.9 Å². The van der Waals surface area contributed by atoms with Gasteiger partial charge in [0.1, 0.15) is 5.75 Å². The summed E-state index contributed by atoms with van der Waals surface area (Å²) in [6, 6.07) is 9.14. The lowest BCUT2D eigenvalue weighted by Crippen LogP contribution is -2.41. The number of phenols is 1. The molecule has 120 valence electrons. The normalized spacial score (nSPS) is 10.9. The Kier molecular flexibility index (Phi) is 4.54. The van der Waals surface area contributed by atoms with E-state index in [4.69, 9.17) is 0 Å². The Morgan fingerprint density at radius 3 is 1.91 bits per heavy atom. The lowest BCUT2D eigenvalue weighted by atomic mass is 10.1. The van der Waals surface area contributed by atoms with Gasteiger partial charge in [0.05, 0.1) is 5.56 Å². The second-order valence-electron chi connectivity index (χ2n) is 4.54. The predicted octanol–water partition coefficient (Wildman–Crippen LogP) is 2.49. The van der Waals surface area contributed by atoms with Crippen molar-refractivity contribution in [1.29, 1.82) is 0 Å². The molecule has 0 radical (unpaired) electrons. The van der Waals surface area contributed by atoms with E-state index in [0.29, 0.717) is 6.07 Å². The molecule has 0 fully saturated rings. The van der Waals surface area contributed by atoms with Crippen LogP contribution in [0.15, 0.2) is 48.5 Å². The average molecular weight is 324 g/mol. The van der Waals surface area contributed by atoms with E-state index in [1.54, 1.807) is 0 Å². The molecule has 0 aliphatic heterocycles. The molecule has 23 heavy (non-hydrogen) atoms. The first kappa shape index (κ1) is 16.3. The number of nitrogens with one attached hydrogen (secondary N) is 2. The number of alkyl halides is 3. The van der Waals surface area contributed by atoms with E-state index >= 15 is 0 Å². The average Bonchev–Trinajstić information content (AvgIpc) is 2.51. The van der Waals surface area contributed by atoms with E-state index < -0.39 is 23.6 Å². The van der Waals surface area contributed by atoms with Crippen LogP contribution in [0.3, 0.4) is 0 Å². The number of carbonyl (C=O) groups is 2. The minimum absolute atomic E-state index is 0.0781. The molecule has 2 aromatic carbocycles. The third-order valence-corrected chi connectivity index (χ3v) is 2.85. The maximum Gasteiger partial charge on any atom is 0.416 e. The summed E-state index contributed by atoms with van der Waals surface area (Å²) >= 11 is 0. The van der Waals surface area contributed by atoms with Gasteiger partial charge in [0.2, 0.25) is 0 Å². The Morgan fingerprint density at radius 1 is 0.870 bits per heavy atom. The van der Waals surface area contributed by atoms with E-state index in [0.717, 1.165) is 12.1 Å². The van der Waals surface area contributed by atoms with Gasteiger partial charge in [0.25, 0.3) is 11.8 Å². The van der Waals surface area contributed by atoms with Crippen LogP contribution in [0.4, 0.5) is 13.2 Å². The minimum Gasteiger partial charge on any atom is -0.508 e. The van der Waals surface area contributed by atoms with Crippen molar-refractivity contribution < 1.29 is 27.9 Å². The highest BCUT2D eigenvalue weighted by molar-refractivity contribution is 5.99. The molecular weight excluding hydrogens is 313 g/mol.